The predicted molar refractivity (Wildman–Crippen MR) is 169 cm³/mol. The molecular formula is C32H33BrN4O3S. The van der Waals surface area contributed by atoms with Crippen LogP contribution in [0.15, 0.2) is 71.2 Å². The second-order valence-electron chi connectivity index (χ2n) is 10.8. The zero-order chi connectivity index (χ0) is 29.3. The number of halogens is 1. The van der Waals surface area contributed by atoms with Crippen molar-refractivity contribution < 1.29 is 14.4 Å². The van der Waals surface area contributed by atoms with Crippen LogP contribution in [-0.2, 0) is 22.6 Å². The molecule has 41 heavy (non-hydrogen) atoms. The number of hydrogen-bond donors (Lipinski definition) is 3. The Bertz CT molecular complexity index is 1640. The second kappa shape index (κ2) is 11.8. The van der Waals surface area contributed by atoms with Gasteiger partial charge in [0.05, 0.1) is 17.0 Å². The van der Waals surface area contributed by atoms with Crippen molar-refractivity contribution in [1.29, 1.82) is 0 Å². The number of nitrogens with two attached hydrogens (primary N) is 1. The van der Waals surface area contributed by atoms with Crippen LogP contribution in [0, 0.1) is 0 Å². The van der Waals surface area contributed by atoms with Gasteiger partial charge in [0.15, 0.2) is 0 Å². The number of aryl methyl sites for hydroxylation is 1. The number of thiophene rings is 1. The summed E-state index contributed by atoms with van der Waals surface area (Å²) in [5, 5.41) is 6.80. The lowest BCUT2D eigenvalue weighted by Gasteiger charge is -2.28. The van der Waals surface area contributed by atoms with Gasteiger partial charge in [-0.1, -0.05) is 42.5 Å². The fraction of sp³-hybridized carbons (Fsp3) is 0.281. The van der Waals surface area contributed by atoms with E-state index in [-0.39, 0.29) is 17.7 Å². The third kappa shape index (κ3) is 5.93. The highest BCUT2D eigenvalue weighted by Gasteiger charge is 2.34. The Hall–Kier alpha value is -3.53. The van der Waals surface area contributed by atoms with Crippen molar-refractivity contribution in [3.05, 3.63) is 87.9 Å². The summed E-state index contributed by atoms with van der Waals surface area (Å²) in [6.45, 7) is 6.06. The number of carbonyl (C=O) groups is 3. The number of para-hydroxylation sites is 1. The van der Waals surface area contributed by atoms with Gasteiger partial charge in [0.1, 0.15) is 6.04 Å². The Kier molecular flexibility index (Phi) is 8.31. The summed E-state index contributed by atoms with van der Waals surface area (Å²) in [7, 11) is 0. The van der Waals surface area contributed by atoms with Crippen molar-refractivity contribution in [3.8, 4) is 10.4 Å². The molecule has 2 heterocycles. The SMILES string of the molecule is CCNC(=O)c1ccccc1-c1sc2ccc(CN3C(=O)C(NC(=O)C(C)(C)N)CCc4ccccc43)cc2c1Br. The molecule has 0 saturated carbocycles. The van der Waals surface area contributed by atoms with Gasteiger partial charge in [0.2, 0.25) is 11.8 Å². The van der Waals surface area contributed by atoms with Crippen LogP contribution in [-0.4, -0.2) is 35.8 Å². The summed E-state index contributed by atoms with van der Waals surface area (Å²) in [5.41, 5.74) is 9.28. The molecule has 0 spiro atoms. The first-order chi connectivity index (χ1) is 19.6. The molecule has 1 aliphatic rings. The fourth-order valence-corrected chi connectivity index (χ4v) is 7.09. The van der Waals surface area contributed by atoms with E-state index in [1.54, 1.807) is 30.1 Å². The normalized spacial score (nSPS) is 15.4. The Morgan fingerprint density at radius 3 is 2.59 bits per heavy atom. The Morgan fingerprint density at radius 2 is 1.83 bits per heavy atom. The molecule has 4 aromatic rings. The lowest BCUT2D eigenvalue weighted by molar-refractivity contribution is -0.130. The average Bonchev–Trinajstić information content (AvgIpc) is 3.22. The van der Waals surface area contributed by atoms with E-state index in [0.717, 1.165) is 41.8 Å². The van der Waals surface area contributed by atoms with Gasteiger partial charge in [-0.2, -0.15) is 0 Å². The van der Waals surface area contributed by atoms with Gasteiger partial charge in [-0.25, -0.2) is 0 Å². The van der Waals surface area contributed by atoms with Crippen LogP contribution in [0.5, 0.6) is 0 Å². The van der Waals surface area contributed by atoms with Crippen LogP contribution in [0.1, 0.15) is 48.7 Å². The number of carbonyl (C=O) groups excluding carboxylic acids is 3. The number of nitrogens with zero attached hydrogens (tertiary/aromatic N) is 1. The molecule has 9 heteroatoms. The molecule has 0 saturated heterocycles. The molecule has 1 aromatic heterocycles. The van der Waals surface area contributed by atoms with E-state index in [0.29, 0.717) is 31.5 Å². The monoisotopic (exact) mass is 632 g/mol. The van der Waals surface area contributed by atoms with Gasteiger partial charge in [-0.05, 0) is 84.9 Å². The molecule has 0 bridgehead atoms. The average molecular weight is 634 g/mol. The lowest BCUT2D eigenvalue weighted by atomic mass is 10.0. The summed E-state index contributed by atoms with van der Waals surface area (Å²) >= 11 is 5.43. The van der Waals surface area contributed by atoms with Crippen LogP contribution in [0.4, 0.5) is 5.69 Å². The number of benzene rings is 3. The zero-order valence-electron chi connectivity index (χ0n) is 23.3. The van der Waals surface area contributed by atoms with Gasteiger partial charge < -0.3 is 21.3 Å². The maximum Gasteiger partial charge on any atom is 0.251 e. The van der Waals surface area contributed by atoms with Crippen LogP contribution >= 0.6 is 27.3 Å². The first kappa shape index (κ1) is 29.0. The van der Waals surface area contributed by atoms with Crippen molar-refractivity contribution in [3.63, 3.8) is 0 Å². The predicted octanol–water partition coefficient (Wildman–Crippen LogP) is 5.78. The number of anilines is 1. The number of hydrogen-bond acceptors (Lipinski definition) is 5. The van der Waals surface area contributed by atoms with Crippen LogP contribution in [0.3, 0.4) is 0 Å². The number of nitrogens with one attached hydrogen (secondary N) is 2. The molecule has 1 aliphatic heterocycles. The smallest absolute Gasteiger partial charge is 0.251 e. The number of amides is 3. The fourth-order valence-electron chi connectivity index (χ4n) is 5.06. The first-order valence-corrected chi connectivity index (χ1v) is 15.3. The molecule has 4 N–H and O–H groups in total. The quantitative estimate of drug-likeness (QED) is 0.240. The minimum atomic E-state index is -1.09. The largest absolute Gasteiger partial charge is 0.352 e. The topological polar surface area (TPSA) is 105 Å². The van der Waals surface area contributed by atoms with Crippen molar-refractivity contribution >= 4 is 60.8 Å². The van der Waals surface area contributed by atoms with Gasteiger partial charge in [0, 0.05) is 37.9 Å². The zero-order valence-corrected chi connectivity index (χ0v) is 25.7. The van der Waals surface area contributed by atoms with Crippen LogP contribution in [0.25, 0.3) is 20.5 Å². The van der Waals surface area contributed by atoms with Gasteiger partial charge in [0.25, 0.3) is 5.91 Å². The standard InChI is InChI=1S/C32H33BrN4O3S/c1-4-35-29(38)22-11-7-6-10-21(22)28-27(33)23-17-19(13-16-26(23)41-28)18-37-25-12-8-5-9-20(25)14-15-24(30(37)39)36-31(40)32(2,3)34/h5-13,16-17,24H,4,14-15,18,34H2,1-3H3,(H,35,38)(H,36,40). The molecule has 0 radical (unpaired) electrons. The molecule has 7 nitrogen and oxygen atoms in total. The highest BCUT2D eigenvalue weighted by atomic mass is 79.9. The number of fused-ring (bicyclic) bond motifs is 2. The summed E-state index contributed by atoms with van der Waals surface area (Å²) in [5.74, 6) is -0.620. The van der Waals surface area contributed by atoms with E-state index in [9.17, 15) is 14.4 Å². The maximum absolute atomic E-state index is 13.9. The van der Waals surface area contributed by atoms with E-state index >= 15 is 0 Å². The van der Waals surface area contributed by atoms with E-state index in [1.807, 2.05) is 61.5 Å². The summed E-state index contributed by atoms with van der Waals surface area (Å²) in [6.07, 6.45) is 1.16. The molecule has 0 fully saturated rings. The molecule has 3 aromatic carbocycles. The minimum absolute atomic E-state index is 0.105. The Balaban J connectivity index is 1.50. The third-order valence-electron chi connectivity index (χ3n) is 7.23. The Morgan fingerprint density at radius 1 is 1.10 bits per heavy atom. The highest BCUT2D eigenvalue weighted by Crippen LogP contribution is 2.44. The molecule has 5 rings (SSSR count). The summed E-state index contributed by atoms with van der Waals surface area (Å²) in [4.78, 5) is 42.1. The number of rotatable bonds is 7. The van der Waals surface area contributed by atoms with Crippen molar-refractivity contribution in [2.75, 3.05) is 11.4 Å². The third-order valence-corrected chi connectivity index (χ3v) is 9.52. The highest BCUT2D eigenvalue weighted by molar-refractivity contribution is 9.10. The van der Waals surface area contributed by atoms with Gasteiger partial charge >= 0.3 is 0 Å². The van der Waals surface area contributed by atoms with Crippen molar-refractivity contribution in [1.82, 2.24) is 10.6 Å². The molecule has 0 aliphatic carbocycles. The molecule has 1 unspecified atom stereocenters. The summed E-state index contributed by atoms with van der Waals surface area (Å²) < 4.78 is 1.98. The van der Waals surface area contributed by atoms with Crippen LogP contribution in [0.2, 0.25) is 0 Å². The van der Waals surface area contributed by atoms with Crippen molar-refractivity contribution in [2.45, 2.75) is 51.7 Å². The van der Waals surface area contributed by atoms with E-state index in [2.05, 4.69) is 38.7 Å². The Labute approximate surface area is 252 Å². The maximum atomic E-state index is 13.9. The lowest BCUT2D eigenvalue weighted by Crippen LogP contribution is -2.56. The van der Waals surface area contributed by atoms with E-state index in [4.69, 9.17) is 5.73 Å². The molecule has 1 atom stereocenters. The summed E-state index contributed by atoms with van der Waals surface area (Å²) in [6, 6.07) is 21.0. The van der Waals surface area contributed by atoms with E-state index in [1.165, 1.54) is 0 Å². The van der Waals surface area contributed by atoms with Crippen molar-refractivity contribution in [2.24, 2.45) is 5.73 Å². The molecule has 212 valence electrons. The van der Waals surface area contributed by atoms with Gasteiger partial charge in [-0.15, -0.1) is 11.3 Å². The molecule has 3 amide bonds. The minimum Gasteiger partial charge on any atom is -0.352 e. The molecular weight excluding hydrogens is 600 g/mol. The van der Waals surface area contributed by atoms with Gasteiger partial charge in [-0.3, -0.25) is 14.4 Å². The van der Waals surface area contributed by atoms with Crippen LogP contribution < -0.4 is 21.3 Å². The first-order valence-electron chi connectivity index (χ1n) is 13.7. The second-order valence-corrected chi connectivity index (χ2v) is 12.7. The van der Waals surface area contributed by atoms with E-state index < -0.39 is 11.6 Å².